The van der Waals surface area contributed by atoms with E-state index >= 15 is 0 Å². The summed E-state index contributed by atoms with van der Waals surface area (Å²) in [6.07, 6.45) is 2.68. The lowest BCUT2D eigenvalue weighted by molar-refractivity contribution is -0.139. The largest absolute Gasteiger partial charge is 0.508 e. The molecule has 0 radical (unpaired) electrons. The van der Waals surface area contributed by atoms with Crippen LogP contribution in [0.5, 0.6) is 11.5 Å². The van der Waals surface area contributed by atoms with Crippen molar-refractivity contribution in [2.75, 3.05) is 13.7 Å². The number of carbonyl (C=O) groups is 2. The minimum absolute atomic E-state index is 0.0667. The molecule has 1 unspecified atom stereocenters. The van der Waals surface area contributed by atoms with E-state index in [9.17, 15) is 19.8 Å². The summed E-state index contributed by atoms with van der Waals surface area (Å²) < 4.78 is 5.43. The molecule has 1 amide bonds. The molecule has 1 atom stereocenters. The number of aliphatic hydroxyl groups excluding tert-OH is 1. The number of phenols is 1. The summed E-state index contributed by atoms with van der Waals surface area (Å²) in [5.41, 5.74) is 2.09. The number of likely N-dealkylation sites (tertiary alicyclic amines) is 1. The topological polar surface area (TPSA) is 87.1 Å². The van der Waals surface area contributed by atoms with Gasteiger partial charge in [-0.25, -0.2) is 0 Å². The average molecular weight is 438 g/mol. The van der Waals surface area contributed by atoms with Gasteiger partial charge in [0.15, 0.2) is 0 Å². The van der Waals surface area contributed by atoms with Crippen LogP contribution < -0.4 is 4.74 Å². The highest BCUT2D eigenvalue weighted by molar-refractivity contribution is 6.46. The minimum atomic E-state index is -0.711. The van der Waals surface area contributed by atoms with Crippen molar-refractivity contribution >= 4 is 17.4 Å². The minimum Gasteiger partial charge on any atom is -0.508 e. The molecule has 32 heavy (non-hydrogen) atoms. The van der Waals surface area contributed by atoms with Crippen LogP contribution in [0.2, 0.25) is 0 Å². The lowest BCUT2D eigenvalue weighted by Gasteiger charge is -2.25. The number of nitrogens with zero attached hydrogens (tertiary/aromatic N) is 1. The first-order valence-electron chi connectivity index (χ1n) is 11.1. The molecule has 0 aliphatic carbocycles. The van der Waals surface area contributed by atoms with E-state index in [0.717, 1.165) is 24.8 Å². The predicted molar refractivity (Wildman–Crippen MR) is 124 cm³/mol. The van der Waals surface area contributed by atoms with Crippen molar-refractivity contribution in [2.45, 2.75) is 52.0 Å². The summed E-state index contributed by atoms with van der Waals surface area (Å²) in [7, 11) is 1.59. The lowest BCUT2D eigenvalue weighted by Crippen LogP contribution is -2.30. The second-order valence-electron chi connectivity index (χ2n) is 8.40. The van der Waals surface area contributed by atoms with Crippen molar-refractivity contribution in [3.8, 4) is 11.5 Å². The Bertz CT molecular complexity index is 1020. The van der Waals surface area contributed by atoms with Crippen molar-refractivity contribution in [3.63, 3.8) is 0 Å². The molecule has 0 aromatic heterocycles. The van der Waals surface area contributed by atoms with Gasteiger partial charge in [-0.1, -0.05) is 45.7 Å². The maximum absolute atomic E-state index is 13.1. The molecule has 1 aliphatic rings. The maximum Gasteiger partial charge on any atom is 0.295 e. The predicted octanol–water partition coefficient (Wildman–Crippen LogP) is 5.14. The van der Waals surface area contributed by atoms with E-state index in [0.29, 0.717) is 23.4 Å². The Morgan fingerprint density at radius 3 is 2.38 bits per heavy atom. The van der Waals surface area contributed by atoms with Crippen molar-refractivity contribution in [3.05, 3.63) is 64.7 Å². The number of benzene rings is 2. The first kappa shape index (κ1) is 23.4. The molecule has 3 rings (SSSR count). The zero-order chi connectivity index (χ0) is 23.4. The molecule has 1 saturated heterocycles. The number of ether oxygens (including phenoxy) is 1. The standard InChI is InChI=1S/C26H31NO5/c1-5-6-7-14-27-23(17-8-11-19(28)12-9-17)22(25(30)26(27)31)24(29)18-10-13-21(32-4)20(15-18)16(2)3/h8-13,15-16,23,28-29H,5-7,14H2,1-4H3/b24-22-. The first-order chi connectivity index (χ1) is 15.3. The monoisotopic (exact) mass is 437 g/mol. The summed E-state index contributed by atoms with van der Waals surface area (Å²) in [5.74, 6) is -0.580. The molecule has 0 bridgehead atoms. The number of hydrogen-bond donors (Lipinski definition) is 2. The van der Waals surface area contributed by atoms with Gasteiger partial charge in [-0.3, -0.25) is 9.59 Å². The van der Waals surface area contributed by atoms with E-state index in [1.165, 1.54) is 17.0 Å². The van der Waals surface area contributed by atoms with Crippen LogP contribution in [-0.4, -0.2) is 40.5 Å². The third kappa shape index (κ3) is 4.49. The third-order valence-corrected chi connectivity index (χ3v) is 5.88. The molecule has 2 N–H and O–H groups in total. The Balaban J connectivity index is 2.15. The molecule has 6 heteroatoms. The molecule has 2 aromatic carbocycles. The second kappa shape index (κ2) is 9.90. The highest BCUT2D eigenvalue weighted by atomic mass is 16.5. The highest BCUT2D eigenvalue weighted by Crippen LogP contribution is 2.40. The smallest absolute Gasteiger partial charge is 0.295 e. The number of phenolic OH excluding ortho intramolecular Hbond substituents is 1. The zero-order valence-electron chi connectivity index (χ0n) is 19.1. The molecular formula is C26H31NO5. The van der Waals surface area contributed by atoms with E-state index in [1.807, 2.05) is 13.8 Å². The normalized spacial score (nSPS) is 17.9. The molecule has 2 aromatic rings. The van der Waals surface area contributed by atoms with Gasteiger partial charge in [0.1, 0.15) is 17.3 Å². The van der Waals surface area contributed by atoms with Gasteiger partial charge in [0.05, 0.1) is 18.7 Å². The van der Waals surface area contributed by atoms with Crippen LogP contribution >= 0.6 is 0 Å². The Labute approximate surface area is 189 Å². The van der Waals surface area contributed by atoms with E-state index in [2.05, 4.69) is 6.92 Å². The molecule has 6 nitrogen and oxygen atoms in total. The Morgan fingerprint density at radius 1 is 1.09 bits per heavy atom. The quantitative estimate of drug-likeness (QED) is 0.259. The fourth-order valence-corrected chi connectivity index (χ4v) is 4.13. The van der Waals surface area contributed by atoms with Gasteiger partial charge in [0.25, 0.3) is 11.7 Å². The van der Waals surface area contributed by atoms with Crippen molar-refractivity contribution in [2.24, 2.45) is 0 Å². The number of aromatic hydroxyl groups is 1. The molecule has 1 heterocycles. The number of hydrogen-bond acceptors (Lipinski definition) is 5. The van der Waals surface area contributed by atoms with E-state index in [1.54, 1.807) is 37.4 Å². The van der Waals surface area contributed by atoms with Gasteiger partial charge >= 0.3 is 0 Å². The maximum atomic E-state index is 13.1. The number of Topliss-reactive ketones (excluding diaryl/α,β-unsaturated/α-hetero) is 1. The summed E-state index contributed by atoms with van der Waals surface area (Å²) in [6, 6.07) is 10.9. The van der Waals surface area contributed by atoms with Crippen LogP contribution in [0.1, 0.15) is 68.7 Å². The van der Waals surface area contributed by atoms with Gasteiger partial charge in [0, 0.05) is 12.1 Å². The molecule has 170 valence electrons. The molecule has 0 spiro atoms. The van der Waals surface area contributed by atoms with E-state index in [4.69, 9.17) is 4.74 Å². The van der Waals surface area contributed by atoms with Gasteiger partial charge < -0.3 is 19.8 Å². The van der Waals surface area contributed by atoms with Gasteiger partial charge in [-0.05, 0) is 53.8 Å². The molecular weight excluding hydrogens is 406 g/mol. The van der Waals surface area contributed by atoms with Crippen LogP contribution in [0, 0.1) is 0 Å². The molecule has 1 aliphatic heterocycles. The fraction of sp³-hybridized carbons (Fsp3) is 0.385. The van der Waals surface area contributed by atoms with Crippen LogP contribution in [0.15, 0.2) is 48.0 Å². The van der Waals surface area contributed by atoms with E-state index < -0.39 is 17.7 Å². The van der Waals surface area contributed by atoms with Crippen LogP contribution in [-0.2, 0) is 9.59 Å². The summed E-state index contributed by atoms with van der Waals surface area (Å²) in [4.78, 5) is 27.5. The summed E-state index contributed by atoms with van der Waals surface area (Å²) in [6.45, 7) is 6.53. The number of methoxy groups -OCH3 is 1. The van der Waals surface area contributed by atoms with Gasteiger partial charge in [-0.2, -0.15) is 0 Å². The third-order valence-electron chi connectivity index (χ3n) is 5.88. The highest BCUT2D eigenvalue weighted by Gasteiger charge is 2.45. The van der Waals surface area contributed by atoms with Crippen molar-refractivity contribution in [1.82, 2.24) is 4.90 Å². The Hall–Kier alpha value is -3.28. The number of amides is 1. The molecule has 0 saturated carbocycles. The van der Waals surface area contributed by atoms with Gasteiger partial charge in [0.2, 0.25) is 0 Å². The Kier molecular flexibility index (Phi) is 7.23. The number of ketones is 1. The molecule has 1 fully saturated rings. The van der Waals surface area contributed by atoms with Crippen LogP contribution in [0.3, 0.4) is 0 Å². The Morgan fingerprint density at radius 2 is 1.78 bits per heavy atom. The van der Waals surface area contributed by atoms with Gasteiger partial charge in [-0.15, -0.1) is 0 Å². The van der Waals surface area contributed by atoms with Crippen LogP contribution in [0.25, 0.3) is 5.76 Å². The van der Waals surface area contributed by atoms with Crippen molar-refractivity contribution < 1.29 is 24.5 Å². The summed E-state index contributed by atoms with van der Waals surface area (Å²) >= 11 is 0. The lowest BCUT2D eigenvalue weighted by atomic mass is 9.93. The summed E-state index contributed by atoms with van der Waals surface area (Å²) in [5, 5.41) is 21.0. The average Bonchev–Trinajstić information content (AvgIpc) is 3.03. The number of rotatable bonds is 8. The first-order valence-corrected chi connectivity index (χ1v) is 11.1. The van der Waals surface area contributed by atoms with Crippen molar-refractivity contribution in [1.29, 1.82) is 0 Å². The zero-order valence-corrected chi connectivity index (χ0v) is 19.1. The fourth-order valence-electron chi connectivity index (χ4n) is 4.13. The SMILES string of the molecule is CCCCCN1C(=O)C(=O)/C(=C(\O)c2ccc(OC)c(C(C)C)c2)C1c1ccc(O)cc1. The van der Waals surface area contributed by atoms with Crippen LogP contribution in [0.4, 0.5) is 0 Å². The number of carbonyl (C=O) groups excluding carboxylic acids is 2. The second-order valence-corrected chi connectivity index (χ2v) is 8.40. The number of unbranched alkanes of at least 4 members (excludes halogenated alkanes) is 2. The van der Waals surface area contributed by atoms with E-state index in [-0.39, 0.29) is 23.0 Å². The number of aliphatic hydroxyl groups is 1.